The Morgan fingerprint density at radius 2 is 2.22 bits per heavy atom. The Labute approximate surface area is 133 Å². The number of nitrogens with one attached hydrogen (secondary N) is 1. The van der Waals surface area contributed by atoms with Gasteiger partial charge in [0, 0.05) is 20.2 Å². The smallest absolute Gasteiger partial charge is 0.330 e. The van der Waals surface area contributed by atoms with Crippen molar-refractivity contribution < 1.29 is 14.3 Å². The molecule has 2 heterocycles. The van der Waals surface area contributed by atoms with Crippen molar-refractivity contribution >= 4 is 11.6 Å². The largest absolute Gasteiger partial charge is 0.384 e. The molecule has 1 saturated heterocycles. The van der Waals surface area contributed by atoms with Crippen LogP contribution >= 0.6 is 0 Å². The molecule has 23 heavy (non-hydrogen) atoms. The van der Waals surface area contributed by atoms with E-state index in [1.807, 2.05) is 11.8 Å². The van der Waals surface area contributed by atoms with Gasteiger partial charge in [0.1, 0.15) is 11.4 Å². The van der Waals surface area contributed by atoms with Crippen LogP contribution < -0.4 is 17.0 Å². The number of carbonyl (C=O) groups is 1. The zero-order valence-electron chi connectivity index (χ0n) is 13.3. The summed E-state index contributed by atoms with van der Waals surface area (Å²) in [6.07, 6.45) is 0.0304. The van der Waals surface area contributed by atoms with Crippen molar-refractivity contribution in [3.8, 4) is 0 Å². The molecule has 1 aliphatic heterocycles. The number of morpholine rings is 1. The molecule has 1 aromatic heterocycles. The first-order valence-electron chi connectivity index (χ1n) is 7.42. The van der Waals surface area contributed by atoms with E-state index in [0.717, 1.165) is 4.57 Å². The molecule has 1 fully saturated rings. The number of aromatic nitrogens is 2. The third kappa shape index (κ3) is 4.06. The number of nitrogen functional groups attached to an aromatic ring is 1. The summed E-state index contributed by atoms with van der Waals surface area (Å²) in [5.41, 5.74) is 4.29. The third-order valence-corrected chi connectivity index (χ3v) is 3.73. The topological polar surface area (TPSA) is 120 Å². The van der Waals surface area contributed by atoms with Crippen LogP contribution in [0.1, 0.15) is 17.3 Å². The van der Waals surface area contributed by atoms with Crippen molar-refractivity contribution in [2.45, 2.75) is 19.6 Å². The Bertz CT molecular complexity index is 681. The minimum Gasteiger partial charge on any atom is -0.384 e. The fourth-order valence-corrected chi connectivity index (χ4v) is 2.58. The highest BCUT2D eigenvalue weighted by Crippen LogP contribution is 2.09. The number of hydrogen-bond donors (Lipinski definition) is 2. The number of ketones is 1. The predicted molar refractivity (Wildman–Crippen MR) is 83.8 cm³/mol. The SMILES string of the molecule is COCCn1c(N)c(C(=O)CN2CCO[C@H](C)C2)c(=O)[nH]c1=O. The molecule has 0 unspecified atom stereocenters. The molecule has 9 nitrogen and oxygen atoms in total. The summed E-state index contributed by atoms with van der Waals surface area (Å²) in [5, 5.41) is 0. The highest BCUT2D eigenvalue weighted by molar-refractivity contribution is 6.01. The van der Waals surface area contributed by atoms with E-state index in [0.29, 0.717) is 19.7 Å². The zero-order chi connectivity index (χ0) is 17.0. The van der Waals surface area contributed by atoms with E-state index in [1.165, 1.54) is 7.11 Å². The second kappa shape index (κ2) is 7.53. The number of H-pyrrole nitrogens is 1. The van der Waals surface area contributed by atoms with E-state index >= 15 is 0 Å². The average molecular weight is 326 g/mol. The van der Waals surface area contributed by atoms with Gasteiger partial charge in [-0.2, -0.15) is 0 Å². The van der Waals surface area contributed by atoms with Crippen molar-refractivity contribution in [3.63, 3.8) is 0 Å². The quantitative estimate of drug-likeness (QED) is 0.621. The lowest BCUT2D eigenvalue weighted by molar-refractivity contribution is -0.0158. The molecule has 1 aromatic rings. The normalized spacial score (nSPS) is 19.0. The molecule has 0 amide bonds. The summed E-state index contributed by atoms with van der Waals surface area (Å²) in [5.74, 6) is -0.536. The van der Waals surface area contributed by atoms with Gasteiger partial charge in [0.05, 0.1) is 32.4 Å². The van der Waals surface area contributed by atoms with Crippen molar-refractivity contribution in [1.82, 2.24) is 14.5 Å². The van der Waals surface area contributed by atoms with Crippen LogP contribution in [0.3, 0.4) is 0 Å². The van der Waals surface area contributed by atoms with Crippen molar-refractivity contribution in [2.24, 2.45) is 0 Å². The number of carbonyl (C=O) groups excluding carboxylic acids is 1. The lowest BCUT2D eigenvalue weighted by Gasteiger charge is -2.30. The molecule has 1 atom stereocenters. The van der Waals surface area contributed by atoms with Gasteiger partial charge in [0.15, 0.2) is 5.78 Å². The molecular formula is C14H22N4O5. The summed E-state index contributed by atoms with van der Waals surface area (Å²) in [4.78, 5) is 40.3. The Morgan fingerprint density at radius 1 is 1.48 bits per heavy atom. The maximum atomic E-state index is 12.5. The average Bonchev–Trinajstić information content (AvgIpc) is 2.46. The van der Waals surface area contributed by atoms with Gasteiger partial charge in [-0.1, -0.05) is 0 Å². The summed E-state index contributed by atoms with van der Waals surface area (Å²) in [6.45, 7) is 4.13. The Morgan fingerprint density at radius 3 is 2.87 bits per heavy atom. The van der Waals surface area contributed by atoms with Crippen LogP contribution in [0.4, 0.5) is 5.82 Å². The molecule has 2 rings (SSSR count). The van der Waals surface area contributed by atoms with Gasteiger partial charge >= 0.3 is 5.69 Å². The summed E-state index contributed by atoms with van der Waals surface area (Å²) in [6, 6.07) is 0. The summed E-state index contributed by atoms with van der Waals surface area (Å²) in [7, 11) is 1.48. The van der Waals surface area contributed by atoms with Crippen LogP contribution in [0.2, 0.25) is 0 Å². The number of nitrogens with zero attached hydrogens (tertiary/aromatic N) is 2. The monoisotopic (exact) mass is 326 g/mol. The molecule has 0 saturated carbocycles. The fraction of sp³-hybridized carbons (Fsp3) is 0.643. The Kier molecular flexibility index (Phi) is 5.69. The van der Waals surface area contributed by atoms with Crippen molar-refractivity contribution in [1.29, 1.82) is 0 Å². The van der Waals surface area contributed by atoms with Crippen LogP contribution in [0.15, 0.2) is 9.59 Å². The van der Waals surface area contributed by atoms with E-state index < -0.39 is 17.0 Å². The first kappa shape index (κ1) is 17.4. The first-order chi connectivity index (χ1) is 10.9. The summed E-state index contributed by atoms with van der Waals surface area (Å²) >= 11 is 0. The van der Waals surface area contributed by atoms with Gasteiger partial charge in [-0.15, -0.1) is 0 Å². The Balaban J connectivity index is 2.25. The van der Waals surface area contributed by atoms with E-state index in [9.17, 15) is 14.4 Å². The van der Waals surface area contributed by atoms with Crippen LogP contribution in [0.25, 0.3) is 0 Å². The molecule has 3 N–H and O–H groups in total. The highest BCUT2D eigenvalue weighted by Gasteiger charge is 2.24. The van der Waals surface area contributed by atoms with E-state index in [2.05, 4.69) is 4.98 Å². The fourth-order valence-electron chi connectivity index (χ4n) is 2.58. The van der Waals surface area contributed by atoms with Crippen molar-refractivity contribution in [3.05, 3.63) is 26.4 Å². The van der Waals surface area contributed by atoms with Crippen LogP contribution in [0.5, 0.6) is 0 Å². The molecule has 1 aliphatic rings. The van der Waals surface area contributed by atoms with Gasteiger partial charge in [-0.25, -0.2) is 4.79 Å². The van der Waals surface area contributed by atoms with Gasteiger partial charge < -0.3 is 15.2 Å². The predicted octanol–water partition coefficient (Wildman–Crippen LogP) is -1.33. The molecule has 128 valence electrons. The van der Waals surface area contributed by atoms with Crippen LogP contribution in [-0.2, 0) is 16.0 Å². The maximum absolute atomic E-state index is 12.5. The number of ether oxygens (including phenoxy) is 2. The van der Waals surface area contributed by atoms with E-state index in [1.54, 1.807) is 0 Å². The van der Waals surface area contributed by atoms with Gasteiger partial charge in [-0.3, -0.25) is 24.0 Å². The molecule has 0 bridgehead atoms. The second-order valence-corrected chi connectivity index (χ2v) is 5.50. The standard InChI is InChI=1S/C14H22N4O5/c1-9-7-17(3-6-23-9)8-10(19)11-12(15)18(4-5-22-2)14(21)16-13(11)20/h9H,3-8,15H2,1-2H3,(H,16,20,21)/t9-/m1/s1. The van der Waals surface area contributed by atoms with E-state index in [-0.39, 0.29) is 37.2 Å². The van der Waals surface area contributed by atoms with Crippen LogP contribution in [0, 0.1) is 0 Å². The minimum atomic E-state index is -0.757. The van der Waals surface area contributed by atoms with Gasteiger partial charge in [0.2, 0.25) is 0 Å². The van der Waals surface area contributed by atoms with E-state index in [4.69, 9.17) is 15.2 Å². The lowest BCUT2D eigenvalue weighted by Crippen LogP contribution is -2.45. The number of rotatable bonds is 6. The number of anilines is 1. The molecule has 0 spiro atoms. The number of hydrogen-bond acceptors (Lipinski definition) is 7. The molecular weight excluding hydrogens is 304 g/mol. The van der Waals surface area contributed by atoms with Gasteiger partial charge in [0.25, 0.3) is 5.56 Å². The maximum Gasteiger partial charge on any atom is 0.330 e. The summed E-state index contributed by atoms with van der Waals surface area (Å²) < 4.78 is 11.5. The molecule has 9 heteroatoms. The highest BCUT2D eigenvalue weighted by atomic mass is 16.5. The number of Topliss-reactive ketones (excluding diaryl/α,β-unsaturated/α-hetero) is 1. The molecule has 0 radical (unpaired) electrons. The van der Waals surface area contributed by atoms with Gasteiger partial charge in [-0.05, 0) is 6.92 Å². The second-order valence-electron chi connectivity index (χ2n) is 5.50. The molecule has 0 aromatic carbocycles. The zero-order valence-corrected chi connectivity index (χ0v) is 13.3. The minimum absolute atomic E-state index is 0.0304. The number of nitrogens with two attached hydrogens (primary N) is 1. The number of methoxy groups -OCH3 is 1. The first-order valence-corrected chi connectivity index (χ1v) is 7.42. The third-order valence-electron chi connectivity index (χ3n) is 3.73. The number of aromatic amines is 1. The Hall–Kier alpha value is -1.97. The van der Waals surface area contributed by atoms with Crippen molar-refractivity contribution in [2.75, 3.05) is 45.7 Å². The molecule has 0 aliphatic carbocycles. The lowest BCUT2D eigenvalue weighted by atomic mass is 10.1. The van der Waals surface area contributed by atoms with Crippen LogP contribution in [-0.4, -0.2) is 66.3 Å².